The van der Waals surface area contributed by atoms with Gasteiger partial charge in [-0.2, -0.15) is 4.73 Å². The first-order valence-corrected chi connectivity index (χ1v) is 9.95. The number of nitrogens with zero attached hydrogens (tertiary/aromatic N) is 2. The summed E-state index contributed by atoms with van der Waals surface area (Å²) < 4.78 is 17.5. The van der Waals surface area contributed by atoms with Crippen LogP contribution in [0.5, 0.6) is 0 Å². The Balaban J connectivity index is 1.43. The highest BCUT2D eigenvalue weighted by Gasteiger charge is 2.10. The van der Waals surface area contributed by atoms with Gasteiger partial charge in [-0.25, -0.2) is 0 Å². The molecule has 7 heteroatoms. The van der Waals surface area contributed by atoms with Crippen molar-refractivity contribution < 1.29 is 18.9 Å². The number of morpholine rings is 1. The first kappa shape index (κ1) is 20.5. The van der Waals surface area contributed by atoms with Crippen LogP contribution in [0.2, 0.25) is 0 Å². The SMILES string of the molecule is Cc1c(SCCCOCCOCCN2CCOCC2)cc[n+]([O-])c1C. The molecule has 0 radical (unpaired) electrons. The van der Waals surface area contributed by atoms with Gasteiger partial charge in [0.05, 0.1) is 33.0 Å². The lowest BCUT2D eigenvalue weighted by Crippen LogP contribution is -2.38. The molecular formula is C18H30N2O4S. The van der Waals surface area contributed by atoms with E-state index in [4.69, 9.17) is 14.2 Å². The second-order valence-corrected chi connectivity index (χ2v) is 7.23. The van der Waals surface area contributed by atoms with Gasteiger partial charge >= 0.3 is 0 Å². The topological polar surface area (TPSA) is 57.9 Å². The molecule has 1 aromatic rings. The lowest BCUT2D eigenvalue weighted by Gasteiger charge is -2.26. The normalized spacial score (nSPS) is 15.6. The molecule has 0 aliphatic carbocycles. The first-order chi connectivity index (χ1) is 12.2. The van der Waals surface area contributed by atoms with E-state index in [1.807, 2.05) is 19.9 Å². The molecule has 0 amide bonds. The van der Waals surface area contributed by atoms with Crippen LogP contribution in [0.3, 0.4) is 0 Å². The van der Waals surface area contributed by atoms with E-state index in [1.54, 1.807) is 18.0 Å². The Kier molecular flexibility index (Phi) is 9.57. The fraction of sp³-hybridized carbons (Fsp3) is 0.722. The van der Waals surface area contributed by atoms with Gasteiger partial charge in [0.2, 0.25) is 0 Å². The Morgan fingerprint density at radius 2 is 1.88 bits per heavy atom. The molecule has 6 nitrogen and oxygen atoms in total. The van der Waals surface area contributed by atoms with E-state index >= 15 is 0 Å². The molecule has 1 aromatic heterocycles. The van der Waals surface area contributed by atoms with Crippen LogP contribution in [0, 0.1) is 19.1 Å². The Morgan fingerprint density at radius 3 is 2.64 bits per heavy atom. The zero-order valence-electron chi connectivity index (χ0n) is 15.4. The van der Waals surface area contributed by atoms with Gasteiger partial charge in [0.25, 0.3) is 0 Å². The zero-order chi connectivity index (χ0) is 17.9. The molecule has 1 aliphatic rings. The summed E-state index contributed by atoms with van der Waals surface area (Å²) >= 11 is 1.78. The zero-order valence-corrected chi connectivity index (χ0v) is 16.2. The Hall–Kier alpha value is -0.860. The van der Waals surface area contributed by atoms with E-state index in [9.17, 15) is 5.21 Å². The van der Waals surface area contributed by atoms with Crippen LogP contribution >= 0.6 is 11.8 Å². The number of aromatic nitrogens is 1. The lowest BCUT2D eigenvalue weighted by atomic mass is 10.2. The maximum atomic E-state index is 11.5. The summed E-state index contributed by atoms with van der Waals surface area (Å²) in [6, 6.07) is 1.89. The summed E-state index contributed by atoms with van der Waals surface area (Å²) in [6.07, 6.45) is 2.57. The number of hydrogen-bond donors (Lipinski definition) is 0. The highest BCUT2D eigenvalue weighted by atomic mass is 32.2. The van der Waals surface area contributed by atoms with Gasteiger partial charge < -0.3 is 19.4 Å². The summed E-state index contributed by atoms with van der Waals surface area (Å²) in [6.45, 7) is 11.3. The molecule has 0 spiro atoms. The second kappa shape index (κ2) is 11.7. The summed E-state index contributed by atoms with van der Waals surface area (Å²) in [5.74, 6) is 0.987. The lowest BCUT2D eigenvalue weighted by molar-refractivity contribution is -0.613. The molecule has 0 bridgehead atoms. The van der Waals surface area contributed by atoms with Crippen molar-refractivity contribution in [1.29, 1.82) is 0 Å². The predicted molar refractivity (Wildman–Crippen MR) is 99.1 cm³/mol. The molecule has 0 aromatic carbocycles. The molecule has 0 saturated carbocycles. The van der Waals surface area contributed by atoms with Crippen molar-refractivity contribution >= 4 is 11.8 Å². The van der Waals surface area contributed by atoms with Gasteiger partial charge in [-0.15, -0.1) is 11.8 Å². The van der Waals surface area contributed by atoms with E-state index in [2.05, 4.69) is 4.90 Å². The minimum Gasteiger partial charge on any atom is -0.619 e. The van der Waals surface area contributed by atoms with E-state index in [-0.39, 0.29) is 0 Å². The molecule has 0 N–H and O–H groups in total. The third-order valence-electron chi connectivity index (χ3n) is 4.32. The number of hydrogen-bond acceptors (Lipinski definition) is 6. The van der Waals surface area contributed by atoms with Crippen LogP contribution < -0.4 is 4.73 Å². The number of ether oxygens (including phenoxy) is 3. The van der Waals surface area contributed by atoms with Crippen LogP contribution in [-0.2, 0) is 14.2 Å². The number of pyridine rings is 1. The minimum absolute atomic E-state index is 0.646. The minimum atomic E-state index is 0.646. The van der Waals surface area contributed by atoms with E-state index < -0.39 is 0 Å². The van der Waals surface area contributed by atoms with Crippen LogP contribution in [0.4, 0.5) is 0 Å². The fourth-order valence-corrected chi connectivity index (χ4v) is 3.56. The molecule has 0 unspecified atom stereocenters. The van der Waals surface area contributed by atoms with Crippen molar-refractivity contribution in [3.8, 4) is 0 Å². The monoisotopic (exact) mass is 370 g/mol. The van der Waals surface area contributed by atoms with Crippen LogP contribution in [-0.4, -0.2) is 69.9 Å². The van der Waals surface area contributed by atoms with Crippen molar-refractivity contribution in [2.75, 3.05) is 65.0 Å². The third-order valence-corrected chi connectivity index (χ3v) is 5.57. The summed E-state index contributed by atoms with van der Waals surface area (Å²) in [7, 11) is 0. The van der Waals surface area contributed by atoms with E-state index in [0.717, 1.165) is 74.2 Å². The van der Waals surface area contributed by atoms with Gasteiger partial charge in [0.15, 0.2) is 11.9 Å². The highest BCUT2D eigenvalue weighted by Crippen LogP contribution is 2.23. The van der Waals surface area contributed by atoms with Gasteiger partial charge in [-0.1, -0.05) is 0 Å². The van der Waals surface area contributed by atoms with Crippen LogP contribution in [0.15, 0.2) is 17.2 Å². The van der Waals surface area contributed by atoms with Gasteiger partial charge in [0, 0.05) is 55.4 Å². The van der Waals surface area contributed by atoms with Crippen molar-refractivity contribution in [1.82, 2.24) is 4.90 Å². The molecule has 2 rings (SSSR count). The molecule has 0 atom stereocenters. The third kappa shape index (κ3) is 7.50. The van der Waals surface area contributed by atoms with Gasteiger partial charge in [-0.05, 0) is 13.3 Å². The predicted octanol–water partition coefficient (Wildman–Crippen LogP) is 1.78. The van der Waals surface area contributed by atoms with Gasteiger partial charge in [-0.3, -0.25) is 4.90 Å². The summed E-state index contributed by atoms with van der Waals surface area (Å²) in [5.41, 5.74) is 1.84. The average molecular weight is 371 g/mol. The largest absolute Gasteiger partial charge is 0.619 e. The Morgan fingerprint density at radius 1 is 1.16 bits per heavy atom. The summed E-state index contributed by atoms with van der Waals surface area (Å²) in [4.78, 5) is 3.54. The first-order valence-electron chi connectivity index (χ1n) is 8.96. The maximum Gasteiger partial charge on any atom is 0.193 e. The molecule has 25 heavy (non-hydrogen) atoms. The second-order valence-electron chi connectivity index (χ2n) is 6.10. The number of rotatable bonds is 11. The Bertz CT molecular complexity index is 510. The highest BCUT2D eigenvalue weighted by molar-refractivity contribution is 7.99. The average Bonchev–Trinajstić information content (AvgIpc) is 2.64. The van der Waals surface area contributed by atoms with E-state index in [0.29, 0.717) is 13.2 Å². The summed E-state index contributed by atoms with van der Waals surface area (Å²) in [5, 5.41) is 11.5. The quantitative estimate of drug-likeness (QED) is 0.256. The number of thioether (sulfide) groups is 1. The maximum absolute atomic E-state index is 11.5. The molecular weight excluding hydrogens is 340 g/mol. The van der Waals surface area contributed by atoms with Crippen molar-refractivity contribution in [2.24, 2.45) is 0 Å². The smallest absolute Gasteiger partial charge is 0.193 e. The van der Waals surface area contributed by atoms with Crippen LogP contribution in [0.25, 0.3) is 0 Å². The molecule has 1 saturated heterocycles. The van der Waals surface area contributed by atoms with Gasteiger partial charge in [0.1, 0.15) is 0 Å². The standard InChI is InChI=1S/C18H30N2O4S/c1-16-17(2)20(21)5-4-18(16)25-15-3-9-22-13-14-24-12-8-19-6-10-23-11-7-19/h4-5H,3,6-15H2,1-2H3. The fourth-order valence-electron chi connectivity index (χ4n) is 2.56. The van der Waals surface area contributed by atoms with E-state index in [1.165, 1.54) is 4.90 Å². The van der Waals surface area contributed by atoms with Crippen molar-refractivity contribution in [3.63, 3.8) is 0 Å². The molecule has 2 heterocycles. The van der Waals surface area contributed by atoms with Crippen molar-refractivity contribution in [3.05, 3.63) is 28.7 Å². The Labute approximate surface area is 155 Å². The van der Waals surface area contributed by atoms with Crippen molar-refractivity contribution in [2.45, 2.75) is 25.2 Å². The molecule has 1 aliphatic heterocycles. The molecule has 142 valence electrons. The molecule has 1 fully saturated rings. The van der Waals surface area contributed by atoms with Crippen LogP contribution in [0.1, 0.15) is 17.7 Å².